The lowest BCUT2D eigenvalue weighted by atomic mass is 9.91. The van der Waals surface area contributed by atoms with Crippen LogP contribution in [0.4, 0.5) is 4.39 Å². The van der Waals surface area contributed by atoms with Crippen LogP contribution in [0.3, 0.4) is 0 Å². The van der Waals surface area contributed by atoms with Gasteiger partial charge in [0.25, 0.3) is 5.91 Å². The second-order valence-corrected chi connectivity index (χ2v) is 8.71. The second kappa shape index (κ2) is 8.37. The SMILES string of the molecule is O=C(c1ccc(-n2cncn2)c(F)c1)N1CC(C(=O)N2CCCN(C3CCC3)CC2)C1. The normalized spacial score (nSPS) is 20.8. The minimum atomic E-state index is -0.537. The lowest BCUT2D eigenvalue weighted by Crippen LogP contribution is -2.56. The summed E-state index contributed by atoms with van der Waals surface area (Å²) in [5.41, 5.74) is 0.515. The minimum absolute atomic E-state index is 0.146. The summed E-state index contributed by atoms with van der Waals surface area (Å²) in [7, 11) is 0. The van der Waals surface area contributed by atoms with Crippen LogP contribution in [0, 0.1) is 11.7 Å². The number of aromatic nitrogens is 3. The molecule has 2 aromatic rings. The molecule has 2 saturated heterocycles. The first-order chi connectivity index (χ1) is 15.1. The zero-order valence-electron chi connectivity index (χ0n) is 17.5. The maximum Gasteiger partial charge on any atom is 0.254 e. The average Bonchev–Trinajstić information content (AvgIpc) is 3.11. The monoisotopic (exact) mass is 426 g/mol. The first kappa shape index (κ1) is 20.1. The van der Waals surface area contributed by atoms with E-state index in [-0.39, 0.29) is 29.0 Å². The molecule has 0 N–H and O–H groups in total. The second-order valence-electron chi connectivity index (χ2n) is 8.71. The largest absolute Gasteiger partial charge is 0.341 e. The van der Waals surface area contributed by atoms with E-state index in [4.69, 9.17) is 0 Å². The maximum atomic E-state index is 14.4. The predicted molar refractivity (Wildman–Crippen MR) is 111 cm³/mol. The van der Waals surface area contributed by atoms with Gasteiger partial charge in [-0.2, -0.15) is 5.10 Å². The molecule has 3 aliphatic rings. The first-order valence-corrected chi connectivity index (χ1v) is 11.1. The molecular formula is C22H27FN6O2. The number of hydrogen-bond acceptors (Lipinski definition) is 5. The fourth-order valence-electron chi connectivity index (χ4n) is 4.67. The van der Waals surface area contributed by atoms with Gasteiger partial charge in [0.05, 0.1) is 5.92 Å². The Labute approximate surface area is 180 Å². The molecule has 3 heterocycles. The highest BCUT2D eigenvalue weighted by Gasteiger charge is 2.39. The summed E-state index contributed by atoms with van der Waals surface area (Å²) < 4.78 is 15.8. The van der Waals surface area contributed by atoms with Crippen molar-refractivity contribution in [3.8, 4) is 5.69 Å². The minimum Gasteiger partial charge on any atom is -0.341 e. The van der Waals surface area contributed by atoms with Gasteiger partial charge in [-0.25, -0.2) is 14.1 Å². The molecule has 8 nitrogen and oxygen atoms in total. The molecule has 0 radical (unpaired) electrons. The molecule has 1 saturated carbocycles. The summed E-state index contributed by atoms with van der Waals surface area (Å²) in [6.07, 6.45) is 7.63. The van der Waals surface area contributed by atoms with Crippen LogP contribution >= 0.6 is 0 Å². The van der Waals surface area contributed by atoms with Crippen molar-refractivity contribution in [1.82, 2.24) is 29.5 Å². The van der Waals surface area contributed by atoms with E-state index in [1.54, 1.807) is 11.0 Å². The summed E-state index contributed by atoms with van der Waals surface area (Å²) in [5, 5.41) is 3.91. The van der Waals surface area contributed by atoms with Gasteiger partial charge >= 0.3 is 0 Å². The van der Waals surface area contributed by atoms with Crippen molar-refractivity contribution >= 4 is 11.8 Å². The Balaban J connectivity index is 1.15. The van der Waals surface area contributed by atoms with Gasteiger partial charge in [-0.3, -0.25) is 14.5 Å². The summed E-state index contributed by atoms with van der Waals surface area (Å²) in [5.74, 6) is -0.795. The number of hydrogen-bond donors (Lipinski definition) is 0. The molecule has 31 heavy (non-hydrogen) atoms. The lowest BCUT2D eigenvalue weighted by molar-refractivity contribution is -0.139. The quantitative estimate of drug-likeness (QED) is 0.742. The zero-order valence-corrected chi connectivity index (χ0v) is 17.5. The average molecular weight is 426 g/mol. The van der Waals surface area contributed by atoms with Crippen molar-refractivity contribution in [3.63, 3.8) is 0 Å². The Bertz CT molecular complexity index is 955. The molecule has 0 spiro atoms. The van der Waals surface area contributed by atoms with E-state index in [1.165, 1.54) is 48.7 Å². The van der Waals surface area contributed by atoms with E-state index in [0.717, 1.165) is 32.6 Å². The smallest absolute Gasteiger partial charge is 0.254 e. The van der Waals surface area contributed by atoms with Gasteiger partial charge in [-0.15, -0.1) is 0 Å². The van der Waals surface area contributed by atoms with Crippen LogP contribution in [0.2, 0.25) is 0 Å². The number of rotatable bonds is 4. The van der Waals surface area contributed by atoms with E-state index in [2.05, 4.69) is 15.0 Å². The Morgan fingerprint density at radius 1 is 1.00 bits per heavy atom. The Kier molecular flexibility index (Phi) is 5.43. The standard InChI is InChI=1S/C22H27FN6O2/c23-19-11-16(5-6-20(19)29-15-24-14-25-29)21(30)28-12-17(13-28)22(31)27-8-2-7-26(9-10-27)18-3-1-4-18/h5-6,11,14-15,17-18H,1-4,7-10,12-13H2. The third kappa shape index (κ3) is 3.94. The van der Waals surface area contributed by atoms with Gasteiger partial charge in [0, 0.05) is 50.9 Å². The van der Waals surface area contributed by atoms with Crippen molar-refractivity contribution < 1.29 is 14.0 Å². The van der Waals surface area contributed by atoms with Crippen LogP contribution < -0.4 is 0 Å². The van der Waals surface area contributed by atoms with Crippen LogP contribution in [-0.2, 0) is 4.79 Å². The van der Waals surface area contributed by atoms with Crippen LogP contribution in [0.5, 0.6) is 0 Å². The number of carbonyl (C=O) groups is 2. The fourth-order valence-corrected chi connectivity index (χ4v) is 4.67. The molecule has 1 aromatic carbocycles. The molecule has 5 rings (SSSR count). The summed E-state index contributed by atoms with van der Waals surface area (Å²) >= 11 is 0. The maximum absolute atomic E-state index is 14.4. The third-order valence-corrected chi connectivity index (χ3v) is 6.81. The molecule has 0 bridgehead atoms. The van der Waals surface area contributed by atoms with E-state index < -0.39 is 5.82 Å². The number of nitrogens with zero attached hydrogens (tertiary/aromatic N) is 6. The zero-order chi connectivity index (χ0) is 21.4. The van der Waals surface area contributed by atoms with Crippen molar-refractivity contribution in [1.29, 1.82) is 0 Å². The summed E-state index contributed by atoms with van der Waals surface area (Å²) in [4.78, 5) is 35.6. The highest BCUT2D eigenvalue weighted by Crippen LogP contribution is 2.27. The number of halogens is 1. The van der Waals surface area contributed by atoms with Crippen molar-refractivity contribution in [3.05, 3.63) is 42.2 Å². The highest BCUT2D eigenvalue weighted by atomic mass is 19.1. The first-order valence-electron chi connectivity index (χ1n) is 11.1. The molecule has 3 fully saturated rings. The lowest BCUT2D eigenvalue weighted by Gasteiger charge is -2.40. The predicted octanol–water partition coefficient (Wildman–Crippen LogP) is 1.57. The topological polar surface area (TPSA) is 74.6 Å². The van der Waals surface area contributed by atoms with Gasteiger partial charge in [-0.05, 0) is 37.5 Å². The van der Waals surface area contributed by atoms with Crippen LogP contribution in [0.1, 0.15) is 36.0 Å². The van der Waals surface area contributed by atoms with Crippen molar-refractivity contribution in [2.24, 2.45) is 5.92 Å². The van der Waals surface area contributed by atoms with Crippen molar-refractivity contribution in [2.75, 3.05) is 39.3 Å². The van der Waals surface area contributed by atoms with E-state index in [1.807, 2.05) is 4.90 Å². The molecule has 9 heteroatoms. The van der Waals surface area contributed by atoms with E-state index >= 15 is 0 Å². The van der Waals surface area contributed by atoms with Crippen LogP contribution in [-0.4, -0.2) is 86.6 Å². The molecule has 2 aliphatic heterocycles. The number of amides is 2. The van der Waals surface area contributed by atoms with Crippen LogP contribution in [0.25, 0.3) is 5.69 Å². The molecule has 1 aromatic heterocycles. The molecule has 164 valence electrons. The molecule has 0 unspecified atom stereocenters. The highest BCUT2D eigenvalue weighted by molar-refractivity contribution is 5.96. The van der Waals surface area contributed by atoms with Gasteiger partial charge < -0.3 is 9.80 Å². The molecular weight excluding hydrogens is 399 g/mol. The van der Waals surface area contributed by atoms with Gasteiger partial charge in [0.15, 0.2) is 0 Å². The van der Waals surface area contributed by atoms with Gasteiger partial charge in [0.2, 0.25) is 5.91 Å². The van der Waals surface area contributed by atoms with Gasteiger partial charge in [0.1, 0.15) is 24.2 Å². The van der Waals surface area contributed by atoms with E-state index in [0.29, 0.717) is 19.1 Å². The van der Waals surface area contributed by atoms with E-state index in [9.17, 15) is 14.0 Å². The number of likely N-dealkylation sites (tertiary alicyclic amines) is 1. The van der Waals surface area contributed by atoms with Gasteiger partial charge in [-0.1, -0.05) is 6.42 Å². The van der Waals surface area contributed by atoms with Crippen molar-refractivity contribution in [2.45, 2.75) is 31.7 Å². The summed E-state index contributed by atoms with van der Waals surface area (Å²) in [6, 6.07) is 5.04. The third-order valence-electron chi connectivity index (χ3n) is 6.81. The molecule has 0 atom stereocenters. The Hall–Kier alpha value is -2.81. The Morgan fingerprint density at radius 2 is 1.84 bits per heavy atom. The number of carbonyl (C=O) groups excluding carboxylic acids is 2. The summed E-state index contributed by atoms with van der Waals surface area (Å²) in [6.45, 7) is 4.37. The Morgan fingerprint density at radius 3 is 2.52 bits per heavy atom. The fraction of sp³-hybridized carbons (Fsp3) is 0.545. The number of benzene rings is 1. The molecule has 2 amide bonds. The molecule has 1 aliphatic carbocycles. The van der Waals surface area contributed by atoms with Crippen LogP contribution in [0.15, 0.2) is 30.9 Å².